The van der Waals surface area contributed by atoms with Crippen molar-refractivity contribution in [1.29, 1.82) is 0 Å². The molecule has 7 nitrogen and oxygen atoms in total. The van der Waals surface area contributed by atoms with Crippen molar-refractivity contribution in [1.82, 2.24) is 9.55 Å². The quantitative estimate of drug-likeness (QED) is 0.404. The SMILES string of the molecule is CCc1c(=O)n(-c2cc(NC(=O)Nc3ccccc3)c(F)cc2F)cc2cnc(NC)cc12. The number of anilines is 3. The lowest BCUT2D eigenvalue weighted by Crippen LogP contribution is -2.24. The van der Waals surface area contributed by atoms with Crippen LogP contribution in [0.25, 0.3) is 16.5 Å². The second kappa shape index (κ2) is 9.07. The average Bonchev–Trinajstić information content (AvgIpc) is 2.81. The van der Waals surface area contributed by atoms with E-state index < -0.39 is 23.2 Å². The number of aryl methyl sites for hydroxylation is 1. The van der Waals surface area contributed by atoms with Crippen molar-refractivity contribution in [3.05, 3.63) is 88.5 Å². The molecule has 4 rings (SSSR count). The minimum absolute atomic E-state index is 0.189. The molecule has 0 saturated heterocycles. The van der Waals surface area contributed by atoms with E-state index in [4.69, 9.17) is 0 Å². The molecule has 2 aromatic carbocycles. The van der Waals surface area contributed by atoms with Crippen LogP contribution in [0.1, 0.15) is 12.5 Å². The Morgan fingerprint density at radius 3 is 2.52 bits per heavy atom. The van der Waals surface area contributed by atoms with Crippen molar-refractivity contribution < 1.29 is 13.6 Å². The molecule has 0 saturated carbocycles. The molecule has 0 atom stereocenters. The minimum atomic E-state index is -0.968. The lowest BCUT2D eigenvalue weighted by Gasteiger charge is -2.15. The van der Waals surface area contributed by atoms with E-state index in [1.54, 1.807) is 49.6 Å². The number of nitrogens with zero attached hydrogens (tertiary/aromatic N) is 2. The predicted octanol–water partition coefficient (Wildman–Crippen LogP) is 4.91. The van der Waals surface area contributed by atoms with Crippen LogP contribution in [0.4, 0.5) is 30.8 Å². The number of para-hydroxylation sites is 1. The molecule has 0 aliphatic carbocycles. The van der Waals surface area contributed by atoms with Gasteiger partial charge in [0.1, 0.15) is 17.5 Å². The Morgan fingerprint density at radius 1 is 1.06 bits per heavy atom. The molecule has 9 heteroatoms. The second-order valence-electron chi connectivity index (χ2n) is 7.27. The number of fused-ring (bicyclic) bond motifs is 1. The van der Waals surface area contributed by atoms with Crippen LogP contribution in [-0.4, -0.2) is 22.6 Å². The largest absolute Gasteiger partial charge is 0.373 e. The Morgan fingerprint density at radius 2 is 1.82 bits per heavy atom. The molecule has 2 amide bonds. The van der Waals surface area contributed by atoms with E-state index in [0.29, 0.717) is 40.3 Å². The fraction of sp³-hybridized carbons (Fsp3) is 0.125. The maximum absolute atomic E-state index is 14.8. The molecular formula is C24H21F2N5O2. The minimum Gasteiger partial charge on any atom is -0.373 e. The molecule has 0 bridgehead atoms. The highest BCUT2D eigenvalue weighted by molar-refractivity contribution is 6.00. The molecule has 2 heterocycles. The molecule has 0 unspecified atom stereocenters. The zero-order valence-electron chi connectivity index (χ0n) is 17.9. The van der Waals surface area contributed by atoms with Gasteiger partial charge >= 0.3 is 6.03 Å². The van der Waals surface area contributed by atoms with Crippen molar-refractivity contribution in [3.8, 4) is 5.69 Å². The molecule has 33 heavy (non-hydrogen) atoms. The normalized spacial score (nSPS) is 10.8. The van der Waals surface area contributed by atoms with Gasteiger partial charge in [-0.2, -0.15) is 0 Å². The molecule has 0 aliphatic rings. The van der Waals surface area contributed by atoms with E-state index in [1.165, 1.54) is 6.20 Å². The summed E-state index contributed by atoms with van der Waals surface area (Å²) in [5.41, 5.74) is 0.0682. The van der Waals surface area contributed by atoms with Crippen LogP contribution in [0.5, 0.6) is 0 Å². The van der Waals surface area contributed by atoms with Crippen LogP contribution in [0.3, 0.4) is 0 Å². The summed E-state index contributed by atoms with van der Waals surface area (Å²) < 4.78 is 30.3. The van der Waals surface area contributed by atoms with Crippen molar-refractivity contribution in [2.75, 3.05) is 23.0 Å². The number of aromatic nitrogens is 2. The first kappa shape index (κ1) is 21.9. The summed E-state index contributed by atoms with van der Waals surface area (Å²) in [6.45, 7) is 1.82. The fourth-order valence-electron chi connectivity index (χ4n) is 3.57. The van der Waals surface area contributed by atoms with Crippen LogP contribution < -0.4 is 21.5 Å². The summed E-state index contributed by atoms with van der Waals surface area (Å²) in [7, 11) is 1.72. The Hall–Kier alpha value is -4.27. The standard InChI is InChI=1S/C24H21F2N5O2/c1-3-16-17-9-22(27-2)28-12-14(17)13-31(23(16)32)21-11-20(18(25)10-19(21)26)30-24(33)29-15-7-5-4-6-8-15/h4-13,27H,3H2,1-2H3,(H2,29,30,33). The first-order valence-corrected chi connectivity index (χ1v) is 10.3. The van der Waals surface area contributed by atoms with Gasteiger partial charge in [0.05, 0.1) is 11.4 Å². The van der Waals surface area contributed by atoms with Gasteiger partial charge in [0.15, 0.2) is 0 Å². The molecule has 0 spiro atoms. The van der Waals surface area contributed by atoms with Crippen molar-refractivity contribution >= 4 is 34.0 Å². The molecule has 0 radical (unpaired) electrons. The first-order chi connectivity index (χ1) is 15.9. The summed E-state index contributed by atoms with van der Waals surface area (Å²) in [5.74, 6) is -1.31. The van der Waals surface area contributed by atoms with Gasteiger partial charge < -0.3 is 16.0 Å². The highest BCUT2D eigenvalue weighted by atomic mass is 19.1. The second-order valence-corrected chi connectivity index (χ2v) is 7.27. The molecule has 3 N–H and O–H groups in total. The monoisotopic (exact) mass is 449 g/mol. The number of halogens is 2. The van der Waals surface area contributed by atoms with E-state index in [9.17, 15) is 18.4 Å². The number of pyridine rings is 2. The Bertz CT molecular complexity index is 1400. The topological polar surface area (TPSA) is 88.1 Å². The molecule has 2 aromatic heterocycles. The summed E-state index contributed by atoms with van der Waals surface area (Å²) in [6.07, 6.45) is 3.42. The molecular weight excluding hydrogens is 428 g/mol. The van der Waals surface area contributed by atoms with Gasteiger partial charge in [-0.3, -0.25) is 9.36 Å². The van der Waals surface area contributed by atoms with Crippen LogP contribution in [0.15, 0.2) is 65.7 Å². The Balaban J connectivity index is 1.77. The van der Waals surface area contributed by atoms with E-state index in [0.717, 1.165) is 10.6 Å². The van der Waals surface area contributed by atoms with E-state index >= 15 is 0 Å². The van der Waals surface area contributed by atoms with Crippen molar-refractivity contribution in [2.24, 2.45) is 0 Å². The Kier molecular flexibility index (Phi) is 6.03. The van der Waals surface area contributed by atoms with E-state index in [2.05, 4.69) is 20.9 Å². The number of carbonyl (C=O) groups excluding carboxylic acids is 1. The van der Waals surface area contributed by atoms with Gasteiger partial charge in [0.25, 0.3) is 5.56 Å². The zero-order valence-corrected chi connectivity index (χ0v) is 17.9. The first-order valence-electron chi connectivity index (χ1n) is 10.3. The Labute approximate surface area is 188 Å². The van der Waals surface area contributed by atoms with Gasteiger partial charge in [-0.1, -0.05) is 25.1 Å². The smallest absolute Gasteiger partial charge is 0.323 e. The maximum Gasteiger partial charge on any atom is 0.323 e. The number of amides is 2. The number of hydrogen-bond donors (Lipinski definition) is 3. The van der Waals surface area contributed by atoms with Gasteiger partial charge in [-0.25, -0.2) is 18.6 Å². The predicted molar refractivity (Wildman–Crippen MR) is 125 cm³/mol. The van der Waals surface area contributed by atoms with Gasteiger partial charge in [-0.05, 0) is 36.1 Å². The number of hydrogen-bond acceptors (Lipinski definition) is 4. The fourth-order valence-corrected chi connectivity index (χ4v) is 3.57. The van der Waals surface area contributed by atoms with Crippen molar-refractivity contribution in [3.63, 3.8) is 0 Å². The third kappa shape index (κ3) is 4.38. The summed E-state index contributed by atoms with van der Waals surface area (Å²) in [6, 6.07) is 11.4. The number of carbonyl (C=O) groups is 1. The van der Waals surface area contributed by atoms with Crippen LogP contribution in [0.2, 0.25) is 0 Å². The summed E-state index contributed by atoms with van der Waals surface area (Å²) in [5, 5.41) is 9.17. The number of urea groups is 1. The average molecular weight is 449 g/mol. The third-order valence-electron chi connectivity index (χ3n) is 5.19. The number of benzene rings is 2. The van der Waals surface area contributed by atoms with E-state index in [-0.39, 0.29) is 11.4 Å². The van der Waals surface area contributed by atoms with Crippen LogP contribution >= 0.6 is 0 Å². The molecule has 168 valence electrons. The lowest BCUT2D eigenvalue weighted by atomic mass is 10.1. The molecule has 4 aromatic rings. The van der Waals surface area contributed by atoms with Crippen LogP contribution in [0, 0.1) is 11.6 Å². The maximum atomic E-state index is 14.8. The van der Waals surface area contributed by atoms with Gasteiger partial charge in [0, 0.05) is 42.1 Å². The lowest BCUT2D eigenvalue weighted by molar-refractivity contribution is 0.262. The zero-order chi connectivity index (χ0) is 23.5. The van der Waals surface area contributed by atoms with Gasteiger partial charge in [-0.15, -0.1) is 0 Å². The summed E-state index contributed by atoms with van der Waals surface area (Å²) in [4.78, 5) is 29.7. The van der Waals surface area contributed by atoms with E-state index in [1.807, 2.05) is 6.92 Å². The van der Waals surface area contributed by atoms with Gasteiger partial charge in [0.2, 0.25) is 0 Å². The van der Waals surface area contributed by atoms with Crippen molar-refractivity contribution in [2.45, 2.75) is 13.3 Å². The number of nitrogens with one attached hydrogen (secondary N) is 3. The third-order valence-corrected chi connectivity index (χ3v) is 5.19. The number of rotatable bonds is 5. The highest BCUT2D eigenvalue weighted by Crippen LogP contribution is 2.25. The molecule has 0 fully saturated rings. The highest BCUT2D eigenvalue weighted by Gasteiger charge is 2.17. The summed E-state index contributed by atoms with van der Waals surface area (Å²) >= 11 is 0. The molecule has 0 aliphatic heterocycles. The van der Waals surface area contributed by atoms with Crippen LogP contribution in [-0.2, 0) is 6.42 Å².